The van der Waals surface area contributed by atoms with Gasteiger partial charge in [-0.3, -0.25) is 4.98 Å². The Morgan fingerprint density at radius 3 is 2.86 bits per heavy atom. The zero-order valence-electron chi connectivity index (χ0n) is 12.0. The van der Waals surface area contributed by atoms with Crippen LogP contribution < -0.4 is 5.32 Å². The second-order valence-electron chi connectivity index (χ2n) is 5.94. The number of rotatable bonds is 3. The summed E-state index contributed by atoms with van der Waals surface area (Å²) in [6, 6.07) is 6.21. The van der Waals surface area contributed by atoms with Crippen LogP contribution in [-0.4, -0.2) is 25.2 Å². The van der Waals surface area contributed by atoms with Gasteiger partial charge >= 0.3 is 0 Å². The maximum Gasteiger partial charge on any atom is 0.179 e. The molecule has 4 nitrogen and oxygen atoms in total. The van der Waals surface area contributed by atoms with Gasteiger partial charge in [-0.2, -0.15) is 0 Å². The Bertz CT molecular complexity index is 839. The van der Waals surface area contributed by atoms with E-state index in [1.807, 2.05) is 6.07 Å². The first kappa shape index (κ1) is 13.1. The average Bonchev–Trinajstić information content (AvgIpc) is 3.22. The number of hydrogen-bond donors (Lipinski definition) is 1. The highest BCUT2D eigenvalue weighted by Gasteiger charge is 2.30. The number of aryl methyl sites for hydroxylation is 2. The van der Waals surface area contributed by atoms with Crippen molar-refractivity contribution >= 4 is 26.4 Å². The largest absolute Gasteiger partial charge is 0.382 e. The van der Waals surface area contributed by atoms with Gasteiger partial charge in [-0.25, -0.2) is 8.42 Å². The number of pyridine rings is 1. The zero-order chi connectivity index (χ0) is 14.6. The molecule has 0 spiro atoms. The third-order valence-corrected chi connectivity index (χ3v) is 6.14. The van der Waals surface area contributed by atoms with Crippen LogP contribution in [0.2, 0.25) is 0 Å². The number of fused-ring (bicyclic) bond motifs is 3. The van der Waals surface area contributed by atoms with Crippen LogP contribution in [0.1, 0.15) is 31.0 Å². The van der Waals surface area contributed by atoms with Gasteiger partial charge in [0.05, 0.1) is 16.2 Å². The Morgan fingerprint density at radius 2 is 2.14 bits per heavy atom. The molecule has 0 saturated heterocycles. The van der Waals surface area contributed by atoms with Crippen molar-refractivity contribution < 1.29 is 8.42 Å². The molecule has 1 aromatic carbocycles. The van der Waals surface area contributed by atoms with E-state index in [1.165, 1.54) is 12.8 Å². The van der Waals surface area contributed by atoms with Gasteiger partial charge in [-0.15, -0.1) is 0 Å². The predicted molar refractivity (Wildman–Crippen MR) is 83.5 cm³/mol. The molecule has 4 rings (SSSR count). The van der Waals surface area contributed by atoms with Crippen LogP contribution in [0.5, 0.6) is 0 Å². The molecule has 5 heteroatoms. The summed E-state index contributed by atoms with van der Waals surface area (Å²) in [5.74, 6) is 0.222. The number of sulfone groups is 1. The molecule has 1 saturated carbocycles. The molecule has 0 bridgehead atoms. The molecule has 1 N–H and O–H groups in total. The summed E-state index contributed by atoms with van der Waals surface area (Å²) >= 11 is 0. The molecule has 2 heterocycles. The van der Waals surface area contributed by atoms with Gasteiger partial charge in [0.2, 0.25) is 0 Å². The van der Waals surface area contributed by atoms with Crippen molar-refractivity contribution in [3.63, 3.8) is 0 Å². The van der Waals surface area contributed by atoms with Crippen LogP contribution >= 0.6 is 0 Å². The second-order valence-corrected chi connectivity index (χ2v) is 8.02. The average molecular weight is 302 g/mol. The van der Waals surface area contributed by atoms with E-state index in [-0.39, 0.29) is 5.75 Å². The third-order valence-electron chi connectivity index (χ3n) is 4.35. The molecule has 1 fully saturated rings. The number of hydrogen-bond acceptors (Lipinski definition) is 4. The predicted octanol–water partition coefficient (Wildman–Crippen LogP) is 2.70. The minimum Gasteiger partial charge on any atom is -0.382 e. The van der Waals surface area contributed by atoms with E-state index in [1.54, 1.807) is 6.07 Å². The Labute approximate surface area is 124 Å². The molecular weight excluding hydrogens is 284 g/mol. The lowest BCUT2D eigenvalue weighted by molar-refractivity contribution is 0.600. The van der Waals surface area contributed by atoms with E-state index in [9.17, 15) is 8.42 Å². The smallest absolute Gasteiger partial charge is 0.179 e. The number of benzene rings is 1. The molecule has 2 aliphatic rings. The van der Waals surface area contributed by atoms with Gasteiger partial charge in [0, 0.05) is 22.8 Å². The number of aromatic nitrogens is 1. The summed E-state index contributed by atoms with van der Waals surface area (Å²) in [5.41, 5.74) is 3.97. The van der Waals surface area contributed by atoms with Crippen molar-refractivity contribution in [1.29, 1.82) is 0 Å². The van der Waals surface area contributed by atoms with Gasteiger partial charge in [-0.1, -0.05) is 6.92 Å². The first-order valence-electron chi connectivity index (χ1n) is 7.53. The normalized spacial score (nSPS) is 19.7. The Hall–Kier alpha value is -1.62. The fourth-order valence-corrected chi connectivity index (χ4v) is 4.61. The molecule has 0 amide bonds. The number of nitrogens with zero attached hydrogens (tertiary/aromatic N) is 1. The third kappa shape index (κ3) is 2.11. The summed E-state index contributed by atoms with van der Waals surface area (Å²) in [4.78, 5) is 5.17. The van der Waals surface area contributed by atoms with Crippen LogP contribution in [0.3, 0.4) is 0 Å². The molecule has 0 atom stereocenters. The van der Waals surface area contributed by atoms with Gasteiger partial charge in [0.1, 0.15) is 0 Å². The summed E-state index contributed by atoms with van der Waals surface area (Å²) < 4.78 is 24.2. The summed E-state index contributed by atoms with van der Waals surface area (Å²) in [5, 5.41) is 4.57. The molecule has 1 aromatic heterocycles. The van der Waals surface area contributed by atoms with Gasteiger partial charge in [0.25, 0.3) is 0 Å². The Balaban J connectivity index is 2.01. The standard InChI is InChI=1S/C16H18N2O2S/c1-2-10-9-14(18-11-3-4-11)16-12-7-8-21(19,20)15(12)6-5-13(16)17-10/h5-6,9,11H,2-4,7-8H2,1H3,(H,17,18). The molecule has 21 heavy (non-hydrogen) atoms. The lowest BCUT2D eigenvalue weighted by Crippen LogP contribution is -2.05. The molecule has 2 aromatic rings. The van der Waals surface area contributed by atoms with E-state index in [0.29, 0.717) is 17.4 Å². The van der Waals surface area contributed by atoms with Gasteiger partial charge < -0.3 is 5.32 Å². The zero-order valence-corrected chi connectivity index (χ0v) is 12.8. The van der Waals surface area contributed by atoms with Crippen molar-refractivity contribution in [2.75, 3.05) is 11.1 Å². The molecule has 110 valence electrons. The first-order chi connectivity index (χ1) is 10.1. The monoisotopic (exact) mass is 302 g/mol. The lowest BCUT2D eigenvalue weighted by Gasteiger charge is -2.13. The highest BCUT2D eigenvalue weighted by molar-refractivity contribution is 7.91. The van der Waals surface area contributed by atoms with E-state index in [0.717, 1.165) is 34.3 Å². The molecule has 1 aliphatic carbocycles. The quantitative estimate of drug-likeness (QED) is 0.947. The maximum absolute atomic E-state index is 12.1. The Morgan fingerprint density at radius 1 is 1.33 bits per heavy atom. The molecule has 1 aliphatic heterocycles. The van der Waals surface area contributed by atoms with Crippen LogP contribution in [0.25, 0.3) is 10.9 Å². The fraction of sp³-hybridized carbons (Fsp3) is 0.438. The minimum absolute atomic E-state index is 0.222. The Kier molecular flexibility index (Phi) is 2.76. The van der Waals surface area contributed by atoms with Gasteiger partial charge in [0.15, 0.2) is 9.84 Å². The summed E-state index contributed by atoms with van der Waals surface area (Å²) in [6.07, 6.45) is 3.86. The van der Waals surface area contributed by atoms with Crippen molar-refractivity contribution in [2.24, 2.45) is 0 Å². The van der Waals surface area contributed by atoms with Crippen molar-refractivity contribution in [1.82, 2.24) is 4.98 Å². The topological polar surface area (TPSA) is 59.1 Å². The van der Waals surface area contributed by atoms with Crippen molar-refractivity contribution in [2.45, 2.75) is 43.5 Å². The van der Waals surface area contributed by atoms with E-state index < -0.39 is 9.84 Å². The van der Waals surface area contributed by atoms with E-state index in [2.05, 4.69) is 23.3 Å². The number of anilines is 1. The lowest BCUT2D eigenvalue weighted by atomic mass is 10.0. The highest BCUT2D eigenvalue weighted by atomic mass is 32.2. The minimum atomic E-state index is -3.10. The van der Waals surface area contributed by atoms with Crippen LogP contribution in [0.15, 0.2) is 23.1 Å². The van der Waals surface area contributed by atoms with Gasteiger partial charge in [-0.05, 0) is 49.4 Å². The number of nitrogens with one attached hydrogen (secondary N) is 1. The maximum atomic E-state index is 12.1. The first-order valence-corrected chi connectivity index (χ1v) is 9.18. The fourth-order valence-electron chi connectivity index (χ4n) is 3.06. The van der Waals surface area contributed by atoms with Crippen LogP contribution in [0.4, 0.5) is 5.69 Å². The van der Waals surface area contributed by atoms with Crippen LogP contribution in [-0.2, 0) is 22.7 Å². The summed E-state index contributed by atoms with van der Waals surface area (Å²) in [6.45, 7) is 2.09. The van der Waals surface area contributed by atoms with Crippen LogP contribution in [0, 0.1) is 0 Å². The molecule has 0 unspecified atom stereocenters. The molecular formula is C16H18N2O2S. The van der Waals surface area contributed by atoms with Crippen molar-refractivity contribution in [3.8, 4) is 0 Å². The van der Waals surface area contributed by atoms with Crippen molar-refractivity contribution in [3.05, 3.63) is 29.5 Å². The molecule has 0 radical (unpaired) electrons. The van der Waals surface area contributed by atoms with E-state index >= 15 is 0 Å². The van der Waals surface area contributed by atoms with E-state index in [4.69, 9.17) is 0 Å². The second kappa shape index (κ2) is 4.44. The SMILES string of the molecule is CCc1cc(NC2CC2)c2c3c(ccc2n1)S(=O)(=O)CC3. The highest BCUT2D eigenvalue weighted by Crippen LogP contribution is 2.38. The summed E-state index contributed by atoms with van der Waals surface area (Å²) in [7, 11) is -3.10.